The Morgan fingerprint density at radius 2 is 1.34 bits per heavy atom. The van der Waals surface area contributed by atoms with E-state index in [1.165, 1.54) is 26.4 Å². The Kier molecular flexibility index (Phi) is 8.71. The summed E-state index contributed by atoms with van der Waals surface area (Å²) in [5.41, 5.74) is 0.658. The third kappa shape index (κ3) is 6.90. The molecule has 29 heavy (non-hydrogen) atoms. The number of hydrogen-bond acceptors (Lipinski definition) is 8. The van der Waals surface area contributed by atoms with Crippen LogP contribution in [-0.4, -0.2) is 87.0 Å². The van der Waals surface area contributed by atoms with E-state index < -0.39 is 12.2 Å². The molecule has 2 aromatic rings. The molecular weight excluding hydrogens is 379 g/mol. The van der Waals surface area contributed by atoms with Crippen molar-refractivity contribution >= 4 is 11.6 Å². The van der Waals surface area contributed by atoms with Crippen LogP contribution < -0.4 is 9.80 Å². The molecule has 1 aromatic heterocycles. The van der Waals surface area contributed by atoms with E-state index in [9.17, 15) is 14.6 Å². The molecule has 0 aliphatic carbocycles. The number of hydrogen-bond donors (Lipinski definition) is 2. The van der Waals surface area contributed by atoms with Crippen molar-refractivity contribution in [3.05, 3.63) is 36.1 Å². The highest BCUT2D eigenvalue weighted by Crippen LogP contribution is 2.24. The predicted octanol–water partition coefficient (Wildman–Crippen LogP) is 1.17. The normalized spacial score (nSPS) is 13.2. The van der Waals surface area contributed by atoms with Crippen molar-refractivity contribution in [3.8, 4) is 11.4 Å². The van der Waals surface area contributed by atoms with Crippen molar-refractivity contribution in [2.24, 2.45) is 0 Å². The summed E-state index contributed by atoms with van der Waals surface area (Å²) in [7, 11) is 6.66. The molecule has 0 saturated carbocycles. The number of aromatic nitrogens is 2. The number of halogens is 1. The number of rotatable bonds is 11. The monoisotopic (exact) mass is 408 g/mol. The Balaban J connectivity index is 2.36. The van der Waals surface area contributed by atoms with E-state index in [2.05, 4.69) is 9.97 Å². The SMILES string of the molecule is COC[C@@H](O)CN(C)c1cc(N(C)C[C@@H](O)COC)nc(-c2ccc(F)cc2)n1. The molecule has 160 valence electrons. The number of methoxy groups -OCH3 is 2. The van der Waals surface area contributed by atoms with Crippen LogP contribution in [-0.2, 0) is 9.47 Å². The number of nitrogens with zero attached hydrogens (tertiary/aromatic N) is 4. The summed E-state index contributed by atoms with van der Waals surface area (Å²) in [4.78, 5) is 12.7. The molecule has 0 unspecified atom stereocenters. The molecule has 0 amide bonds. The zero-order chi connectivity index (χ0) is 21.4. The lowest BCUT2D eigenvalue weighted by Gasteiger charge is -2.25. The van der Waals surface area contributed by atoms with E-state index in [-0.39, 0.29) is 19.0 Å². The minimum Gasteiger partial charge on any atom is -0.389 e. The first-order valence-electron chi connectivity index (χ1n) is 9.25. The lowest BCUT2D eigenvalue weighted by Crippen LogP contribution is -2.34. The van der Waals surface area contributed by atoms with Gasteiger partial charge in [0.15, 0.2) is 5.82 Å². The maximum Gasteiger partial charge on any atom is 0.163 e. The highest BCUT2D eigenvalue weighted by atomic mass is 19.1. The minimum absolute atomic E-state index is 0.205. The summed E-state index contributed by atoms with van der Waals surface area (Å²) in [6.45, 7) is 1.03. The van der Waals surface area contributed by atoms with Crippen LogP contribution >= 0.6 is 0 Å². The average Bonchev–Trinajstić information content (AvgIpc) is 2.68. The molecule has 2 N–H and O–H groups in total. The Bertz CT molecular complexity index is 724. The van der Waals surface area contributed by atoms with Gasteiger partial charge in [0.1, 0.15) is 17.5 Å². The van der Waals surface area contributed by atoms with Gasteiger partial charge in [-0.1, -0.05) is 0 Å². The molecule has 0 saturated heterocycles. The number of ether oxygens (including phenoxy) is 2. The van der Waals surface area contributed by atoms with Crippen LogP contribution in [0.2, 0.25) is 0 Å². The quantitative estimate of drug-likeness (QED) is 0.573. The van der Waals surface area contributed by atoms with Gasteiger partial charge in [-0.2, -0.15) is 0 Å². The van der Waals surface area contributed by atoms with Gasteiger partial charge in [0, 0.05) is 53.0 Å². The topological polar surface area (TPSA) is 91.2 Å². The third-order valence-corrected chi connectivity index (χ3v) is 4.27. The smallest absolute Gasteiger partial charge is 0.163 e. The molecule has 0 bridgehead atoms. The molecule has 0 aliphatic heterocycles. The fourth-order valence-corrected chi connectivity index (χ4v) is 2.85. The number of aliphatic hydroxyl groups is 2. The van der Waals surface area contributed by atoms with Gasteiger partial charge in [-0.25, -0.2) is 14.4 Å². The lowest BCUT2D eigenvalue weighted by atomic mass is 10.2. The van der Waals surface area contributed by atoms with Crippen LogP contribution in [0.4, 0.5) is 16.0 Å². The van der Waals surface area contributed by atoms with E-state index in [0.29, 0.717) is 36.1 Å². The van der Waals surface area contributed by atoms with Gasteiger partial charge in [0.05, 0.1) is 25.4 Å². The molecule has 0 fully saturated rings. The summed E-state index contributed by atoms with van der Waals surface area (Å²) < 4.78 is 23.3. The van der Waals surface area contributed by atoms with Gasteiger partial charge in [-0.3, -0.25) is 0 Å². The predicted molar refractivity (Wildman–Crippen MR) is 110 cm³/mol. The number of aliphatic hydroxyl groups excluding tert-OH is 2. The van der Waals surface area contributed by atoms with Crippen LogP contribution in [0, 0.1) is 5.82 Å². The first-order valence-corrected chi connectivity index (χ1v) is 9.25. The molecule has 0 radical (unpaired) electrons. The molecule has 2 atom stereocenters. The van der Waals surface area contributed by atoms with Crippen molar-refractivity contribution in [2.45, 2.75) is 12.2 Å². The minimum atomic E-state index is -0.682. The first kappa shape index (κ1) is 23.0. The van der Waals surface area contributed by atoms with Crippen molar-refractivity contribution in [3.63, 3.8) is 0 Å². The van der Waals surface area contributed by atoms with E-state index >= 15 is 0 Å². The standard InChI is InChI=1S/C20H29FN4O4/c1-24(10-16(26)12-28-3)18-9-19(25(2)11-17(27)13-29-4)23-20(22-18)14-5-7-15(21)8-6-14/h5-9,16-17,26-27H,10-13H2,1-4H3/t16-,17+. The second-order valence-corrected chi connectivity index (χ2v) is 6.89. The lowest BCUT2D eigenvalue weighted by molar-refractivity contribution is 0.0693. The van der Waals surface area contributed by atoms with Crippen molar-refractivity contribution < 1.29 is 24.1 Å². The van der Waals surface area contributed by atoms with Crippen LogP contribution in [0.5, 0.6) is 0 Å². The molecule has 1 heterocycles. The van der Waals surface area contributed by atoms with Gasteiger partial charge in [0.25, 0.3) is 0 Å². The van der Waals surface area contributed by atoms with Gasteiger partial charge in [-0.15, -0.1) is 0 Å². The number of benzene rings is 1. The Hall–Kier alpha value is -2.33. The number of anilines is 2. The van der Waals surface area contributed by atoms with Crippen molar-refractivity contribution in [1.29, 1.82) is 0 Å². The summed E-state index contributed by atoms with van der Waals surface area (Å²) in [6.07, 6.45) is -1.36. The van der Waals surface area contributed by atoms with Crippen LogP contribution in [0.25, 0.3) is 11.4 Å². The highest BCUT2D eigenvalue weighted by Gasteiger charge is 2.17. The molecule has 2 rings (SSSR count). The summed E-state index contributed by atoms with van der Waals surface area (Å²) in [5.74, 6) is 1.23. The zero-order valence-electron chi connectivity index (χ0n) is 17.2. The fraction of sp³-hybridized carbons (Fsp3) is 0.500. The third-order valence-electron chi connectivity index (χ3n) is 4.27. The maximum atomic E-state index is 13.3. The van der Waals surface area contributed by atoms with Crippen molar-refractivity contribution in [1.82, 2.24) is 9.97 Å². The Morgan fingerprint density at radius 3 is 1.76 bits per heavy atom. The summed E-state index contributed by atoms with van der Waals surface area (Å²) in [5, 5.41) is 20.1. The van der Waals surface area contributed by atoms with Gasteiger partial charge >= 0.3 is 0 Å². The fourth-order valence-electron chi connectivity index (χ4n) is 2.85. The Morgan fingerprint density at radius 1 is 0.897 bits per heavy atom. The number of likely N-dealkylation sites (N-methyl/N-ethyl adjacent to an activating group) is 2. The second-order valence-electron chi connectivity index (χ2n) is 6.89. The summed E-state index contributed by atoms with van der Waals surface area (Å²) in [6, 6.07) is 7.69. The van der Waals surface area contributed by atoms with Gasteiger partial charge in [0.2, 0.25) is 0 Å². The summed E-state index contributed by atoms with van der Waals surface area (Å²) >= 11 is 0. The first-order chi connectivity index (χ1) is 13.8. The molecule has 1 aromatic carbocycles. The molecule has 8 nitrogen and oxygen atoms in total. The van der Waals surface area contributed by atoms with Crippen LogP contribution in [0.15, 0.2) is 30.3 Å². The van der Waals surface area contributed by atoms with E-state index in [0.717, 1.165) is 0 Å². The van der Waals surface area contributed by atoms with Gasteiger partial charge < -0.3 is 29.5 Å². The van der Waals surface area contributed by atoms with Crippen LogP contribution in [0.3, 0.4) is 0 Å². The van der Waals surface area contributed by atoms with Crippen molar-refractivity contribution in [2.75, 3.05) is 64.4 Å². The van der Waals surface area contributed by atoms with Gasteiger partial charge in [-0.05, 0) is 24.3 Å². The Labute approximate surface area is 170 Å². The van der Waals surface area contributed by atoms with Crippen LogP contribution in [0.1, 0.15) is 0 Å². The van der Waals surface area contributed by atoms with E-state index in [4.69, 9.17) is 9.47 Å². The van der Waals surface area contributed by atoms with E-state index in [1.54, 1.807) is 42.1 Å². The maximum absolute atomic E-state index is 13.3. The second kappa shape index (κ2) is 11.0. The molecule has 0 spiro atoms. The molecule has 9 heteroatoms. The largest absolute Gasteiger partial charge is 0.389 e. The molecule has 0 aliphatic rings. The highest BCUT2D eigenvalue weighted by molar-refractivity contribution is 5.62. The van der Waals surface area contributed by atoms with E-state index in [1.807, 2.05) is 0 Å². The zero-order valence-corrected chi connectivity index (χ0v) is 17.2. The average molecular weight is 408 g/mol. The molecular formula is C20H29FN4O4.